The molecule has 0 radical (unpaired) electrons. The zero-order valence-corrected chi connectivity index (χ0v) is 14.9. The largest absolute Gasteiger partial charge is 0.444 e. The van der Waals surface area contributed by atoms with Gasteiger partial charge in [0.25, 0.3) is 0 Å². The second-order valence-electron chi connectivity index (χ2n) is 6.29. The molecule has 22 heavy (non-hydrogen) atoms. The molecule has 1 amide bonds. The van der Waals surface area contributed by atoms with E-state index in [9.17, 15) is 13.2 Å². The maximum absolute atomic E-state index is 12.0. The fraction of sp³-hybridized carbons (Fsp3) is 0.846. The van der Waals surface area contributed by atoms with Crippen molar-refractivity contribution in [2.45, 2.75) is 45.6 Å². The molecule has 1 aliphatic rings. The zero-order chi connectivity index (χ0) is 17.0. The molecule has 9 heteroatoms. The molecule has 1 rings (SSSR count). The zero-order valence-electron chi connectivity index (χ0n) is 13.3. The molecule has 1 heterocycles. The minimum atomic E-state index is -3.67. The fourth-order valence-electron chi connectivity index (χ4n) is 2.02. The van der Waals surface area contributed by atoms with E-state index in [4.69, 9.17) is 16.3 Å². The van der Waals surface area contributed by atoms with E-state index in [0.29, 0.717) is 25.9 Å². The first kappa shape index (κ1) is 19.0. The Labute approximate surface area is 136 Å². The van der Waals surface area contributed by atoms with Crippen molar-refractivity contribution in [2.24, 2.45) is 11.1 Å². The summed E-state index contributed by atoms with van der Waals surface area (Å²) in [6.07, 6.45) is 2.56. The van der Waals surface area contributed by atoms with Gasteiger partial charge in [-0.05, 0) is 40.0 Å². The standard InChI is InChI=1S/C13H23ClN2O5S/c1-13(2,3)20-12(17)16-8-5-6-10(7-9-16)11(14)15-21-22(4,18)19/h10H,5-9H2,1-4H3. The summed E-state index contributed by atoms with van der Waals surface area (Å²) < 4.78 is 31.5. The number of carbonyl (C=O) groups is 1. The van der Waals surface area contributed by atoms with E-state index in [1.165, 1.54) is 0 Å². The van der Waals surface area contributed by atoms with Crippen molar-refractivity contribution in [1.29, 1.82) is 0 Å². The van der Waals surface area contributed by atoms with Crippen LogP contribution in [0.3, 0.4) is 0 Å². The average molecular weight is 355 g/mol. The summed E-state index contributed by atoms with van der Waals surface area (Å²) in [5, 5.41) is 3.56. The number of oxime groups is 1. The smallest absolute Gasteiger partial charge is 0.410 e. The van der Waals surface area contributed by atoms with E-state index in [-0.39, 0.29) is 17.2 Å². The molecule has 0 aromatic heterocycles. The molecule has 0 saturated carbocycles. The molecular weight excluding hydrogens is 332 g/mol. The van der Waals surface area contributed by atoms with Crippen LogP contribution in [0.15, 0.2) is 5.16 Å². The molecule has 1 fully saturated rings. The maximum atomic E-state index is 12.0. The summed E-state index contributed by atoms with van der Waals surface area (Å²) in [6.45, 7) is 6.50. The summed E-state index contributed by atoms with van der Waals surface area (Å²) in [6, 6.07) is 0. The van der Waals surface area contributed by atoms with Crippen molar-refractivity contribution < 1.29 is 22.2 Å². The van der Waals surface area contributed by atoms with Crippen molar-refractivity contribution in [3.8, 4) is 0 Å². The Morgan fingerprint density at radius 1 is 1.27 bits per heavy atom. The van der Waals surface area contributed by atoms with Crippen molar-refractivity contribution in [3.05, 3.63) is 0 Å². The van der Waals surface area contributed by atoms with Crippen molar-refractivity contribution >= 4 is 33.0 Å². The van der Waals surface area contributed by atoms with Gasteiger partial charge in [-0.2, -0.15) is 8.42 Å². The minimum absolute atomic E-state index is 0.108. The van der Waals surface area contributed by atoms with Crippen LogP contribution in [0.2, 0.25) is 0 Å². The normalized spacial score (nSPS) is 21.2. The summed E-state index contributed by atoms with van der Waals surface area (Å²) in [5.74, 6) is -0.129. The van der Waals surface area contributed by atoms with Gasteiger partial charge in [0.05, 0.1) is 6.26 Å². The molecule has 0 N–H and O–H groups in total. The number of ether oxygens (including phenoxy) is 1. The van der Waals surface area contributed by atoms with Crippen LogP contribution < -0.4 is 0 Å². The van der Waals surface area contributed by atoms with Gasteiger partial charge < -0.3 is 9.64 Å². The number of hydrogen-bond acceptors (Lipinski definition) is 6. The van der Waals surface area contributed by atoms with Gasteiger partial charge >= 0.3 is 16.2 Å². The third-order valence-electron chi connectivity index (χ3n) is 2.98. The van der Waals surface area contributed by atoms with E-state index in [0.717, 1.165) is 12.7 Å². The molecule has 0 aromatic carbocycles. The Bertz CT molecular complexity index is 527. The lowest BCUT2D eigenvalue weighted by Gasteiger charge is -2.26. The second kappa shape index (κ2) is 7.50. The van der Waals surface area contributed by atoms with E-state index >= 15 is 0 Å². The van der Waals surface area contributed by atoms with Gasteiger partial charge in [-0.25, -0.2) is 4.79 Å². The van der Waals surface area contributed by atoms with Gasteiger partial charge in [0.15, 0.2) is 0 Å². The molecule has 0 aliphatic carbocycles. The predicted octanol–water partition coefficient (Wildman–Crippen LogP) is 2.55. The van der Waals surface area contributed by atoms with Gasteiger partial charge in [0, 0.05) is 19.0 Å². The summed E-state index contributed by atoms with van der Waals surface area (Å²) in [7, 11) is -3.67. The lowest BCUT2D eigenvalue weighted by Crippen LogP contribution is -2.37. The van der Waals surface area contributed by atoms with Crippen molar-refractivity contribution in [3.63, 3.8) is 0 Å². The highest BCUT2D eigenvalue weighted by Gasteiger charge is 2.27. The van der Waals surface area contributed by atoms with Crippen LogP contribution in [0.5, 0.6) is 0 Å². The highest BCUT2D eigenvalue weighted by atomic mass is 35.5. The topological polar surface area (TPSA) is 85.3 Å². The number of amides is 1. The third kappa shape index (κ3) is 7.31. The number of rotatable bonds is 3. The lowest BCUT2D eigenvalue weighted by molar-refractivity contribution is 0.0256. The van der Waals surface area contributed by atoms with Gasteiger partial charge in [-0.3, -0.25) is 4.28 Å². The summed E-state index contributed by atoms with van der Waals surface area (Å²) in [5.41, 5.74) is -0.536. The van der Waals surface area contributed by atoms with Crippen LogP contribution in [0.25, 0.3) is 0 Å². The van der Waals surface area contributed by atoms with Gasteiger partial charge in [0.2, 0.25) is 0 Å². The third-order valence-corrected chi connectivity index (χ3v) is 3.70. The van der Waals surface area contributed by atoms with Crippen LogP contribution >= 0.6 is 11.6 Å². The molecule has 1 atom stereocenters. The molecule has 0 aromatic rings. The Kier molecular flexibility index (Phi) is 6.49. The number of hydrogen-bond donors (Lipinski definition) is 0. The van der Waals surface area contributed by atoms with Crippen LogP contribution in [-0.2, 0) is 19.1 Å². The summed E-state index contributed by atoms with van der Waals surface area (Å²) >= 11 is 6.00. The number of likely N-dealkylation sites (tertiary alicyclic amines) is 1. The SMILES string of the molecule is CC(C)(C)OC(=O)N1CCCC(C(Cl)=NOS(C)(=O)=O)CC1. The Balaban J connectivity index is 2.60. The second-order valence-corrected chi connectivity index (χ2v) is 8.23. The predicted molar refractivity (Wildman–Crippen MR) is 84.4 cm³/mol. The van der Waals surface area contributed by atoms with Crippen LogP contribution in [0, 0.1) is 5.92 Å². The van der Waals surface area contributed by atoms with Gasteiger partial charge in [-0.15, -0.1) is 0 Å². The molecule has 1 aliphatic heterocycles. The molecule has 128 valence electrons. The molecule has 7 nitrogen and oxygen atoms in total. The van der Waals surface area contributed by atoms with Crippen LogP contribution in [0.1, 0.15) is 40.0 Å². The number of nitrogens with zero attached hydrogens (tertiary/aromatic N) is 2. The van der Waals surface area contributed by atoms with Crippen molar-refractivity contribution in [2.75, 3.05) is 19.3 Å². The first-order chi connectivity index (χ1) is 9.98. The maximum Gasteiger partial charge on any atom is 0.410 e. The van der Waals surface area contributed by atoms with E-state index in [1.807, 2.05) is 20.8 Å². The number of halogens is 1. The highest BCUT2D eigenvalue weighted by molar-refractivity contribution is 7.85. The molecule has 0 bridgehead atoms. The molecule has 1 saturated heterocycles. The monoisotopic (exact) mass is 354 g/mol. The minimum Gasteiger partial charge on any atom is -0.444 e. The quantitative estimate of drug-likeness (QED) is 0.574. The molecule has 0 spiro atoms. The highest BCUT2D eigenvalue weighted by Crippen LogP contribution is 2.22. The average Bonchev–Trinajstić information content (AvgIpc) is 2.58. The van der Waals surface area contributed by atoms with E-state index < -0.39 is 15.7 Å². The van der Waals surface area contributed by atoms with E-state index in [2.05, 4.69) is 9.44 Å². The Morgan fingerprint density at radius 2 is 1.91 bits per heavy atom. The Morgan fingerprint density at radius 3 is 2.45 bits per heavy atom. The van der Waals surface area contributed by atoms with Gasteiger partial charge in [0.1, 0.15) is 10.8 Å². The Hall–Kier alpha value is -1.02. The fourth-order valence-corrected chi connectivity index (χ4v) is 2.53. The molecular formula is C13H23ClN2O5S. The first-order valence-electron chi connectivity index (χ1n) is 7.08. The van der Waals surface area contributed by atoms with Crippen LogP contribution in [-0.4, -0.2) is 49.5 Å². The summed E-state index contributed by atoms with van der Waals surface area (Å²) in [4.78, 5) is 13.7. The van der Waals surface area contributed by atoms with E-state index in [1.54, 1.807) is 4.90 Å². The van der Waals surface area contributed by atoms with Crippen LogP contribution in [0.4, 0.5) is 4.79 Å². The van der Waals surface area contributed by atoms with Crippen molar-refractivity contribution in [1.82, 2.24) is 4.90 Å². The first-order valence-corrected chi connectivity index (χ1v) is 9.27. The molecule has 1 unspecified atom stereocenters. The van der Waals surface area contributed by atoms with Gasteiger partial charge in [-0.1, -0.05) is 16.8 Å². The number of carbonyl (C=O) groups excluding carboxylic acids is 1. The lowest BCUT2D eigenvalue weighted by atomic mass is 10.0.